The Morgan fingerprint density at radius 2 is 1.50 bits per heavy atom. The van der Waals surface area contributed by atoms with Crippen LogP contribution in [-0.2, 0) is 0 Å². The maximum Gasteiger partial charge on any atom is 0 e. The van der Waals surface area contributed by atoms with Crippen molar-refractivity contribution < 1.29 is 1.43 Å². The highest BCUT2D eigenvalue weighted by Gasteiger charge is 2.03. The molecule has 12 heavy (non-hydrogen) atoms. The summed E-state index contributed by atoms with van der Waals surface area (Å²) in [7, 11) is 0. The zero-order valence-electron chi connectivity index (χ0n) is 8.22. The summed E-state index contributed by atoms with van der Waals surface area (Å²) in [6, 6.07) is 0. The topological polar surface area (TPSA) is 0 Å². The lowest BCUT2D eigenvalue weighted by atomic mass is 9.94. The molecule has 0 aliphatic heterocycles. The van der Waals surface area contributed by atoms with E-state index in [0.29, 0.717) is 5.41 Å². The van der Waals surface area contributed by atoms with Crippen LogP contribution in [0.25, 0.3) is 0 Å². The third-order valence-corrected chi connectivity index (χ3v) is 1.72. The van der Waals surface area contributed by atoms with Gasteiger partial charge in [-0.25, -0.2) is 0 Å². The van der Waals surface area contributed by atoms with E-state index < -0.39 is 0 Å². The normalized spacial score (nSPS) is 13.3. The van der Waals surface area contributed by atoms with Crippen LogP contribution in [0.1, 0.15) is 49.4 Å². The first kappa shape index (κ1) is 14.0. The fourth-order valence-corrected chi connectivity index (χ4v) is 0.393. The van der Waals surface area contributed by atoms with Crippen molar-refractivity contribution in [1.29, 1.82) is 0 Å². The molecule has 0 aromatic carbocycles. The minimum Gasteiger partial charge on any atom is -0.0808 e. The monoisotopic (exact) mass is 171 g/mol. The lowest BCUT2D eigenvalue weighted by Gasteiger charge is -2.12. The van der Waals surface area contributed by atoms with Crippen LogP contribution in [0, 0.1) is 5.41 Å². The zero-order valence-corrected chi connectivity index (χ0v) is 8.22. The highest BCUT2D eigenvalue weighted by atomic mass is 14.1. The zero-order chi connectivity index (χ0) is 8.74. The first-order valence-corrected chi connectivity index (χ1v) is 4.38. The van der Waals surface area contributed by atoms with Gasteiger partial charge in [-0.1, -0.05) is 65.8 Å². The summed E-state index contributed by atoms with van der Waals surface area (Å²) in [5.74, 6) is 0. The van der Waals surface area contributed by atoms with Crippen molar-refractivity contribution in [1.82, 2.24) is 0 Å². The maximum atomic E-state index is 2.24. The van der Waals surface area contributed by atoms with Crippen molar-refractivity contribution in [2.45, 2.75) is 48.0 Å². The van der Waals surface area contributed by atoms with Crippen molar-refractivity contribution in [3.8, 4) is 0 Å². The van der Waals surface area contributed by atoms with Crippen molar-refractivity contribution in [2.75, 3.05) is 0 Å². The Balaban J connectivity index is -0.000000134. The molecule has 74 valence electrons. The second-order valence-electron chi connectivity index (χ2n) is 4.01. The predicted octanol–water partition coefficient (Wildman–Crippen LogP) is 4.83. The van der Waals surface area contributed by atoms with E-state index >= 15 is 0 Å². The highest BCUT2D eigenvalue weighted by Crippen LogP contribution is 2.16. The second kappa shape index (κ2) is 7.15. The molecule has 0 aromatic rings. The van der Waals surface area contributed by atoms with Crippen LogP contribution < -0.4 is 0 Å². The summed E-state index contributed by atoms with van der Waals surface area (Å²) in [6.45, 7) is 8.94. The fourth-order valence-electron chi connectivity index (χ4n) is 0.393. The average Bonchev–Trinajstić information content (AvgIpc) is 2.41. The van der Waals surface area contributed by atoms with Gasteiger partial charge in [-0.15, -0.1) is 0 Å². The number of hydrogen-bond donors (Lipinski definition) is 0. The molecule has 0 unspecified atom stereocenters. The van der Waals surface area contributed by atoms with E-state index in [1.54, 1.807) is 0 Å². The van der Waals surface area contributed by atoms with E-state index in [1.807, 2.05) is 0 Å². The number of rotatable bonds is 0. The highest BCUT2D eigenvalue weighted by molar-refractivity contribution is 5.11. The first-order valence-electron chi connectivity index (χ1n) is 4.38. The van der Waals surface area contributed by atoms with Gasteiger partial charge in [0.25, 0.3) is 0 Å². The third kappa shape index (κ3) is 12.2. The van der Waals surface area contributed by atoms with Crippen molar-refractivity contribution in [3.63, 3.8) is 0 Å². The van der Waals surface area contributed by atoms with Gasteiger partial charge in [0.05, 0.1) is 0 Å². The van der Waals surface area contributed by atoms with Gasteiger partial charge in [-0.2, -0.15) is 0 Å². The molecule has 0 radical (unpaired) electrons. The lowest BCUT2D eigenvalue weighted by molar-refractivity contribution is 0.398. The number of hydrogen-bond acceptors (Lipinski definition) is 0. The van der Waals surface area contributed by atoms with Crippen molar-refractivity contribution in [3.05, 3.63) is 24.3 Å². The lowest BCUT2D eigenvalue weighted by Crippen LogP contribution is -2.00. The molecule has 1 aliphatic rings. The van der Waals surface area contributed by atoms with E-state index in [9.17, 15) is 0 Å². The molecule has 0 bridgehead atoms. The molecule has 0 amide bonds. The Kier molecular flexibility index (Phi) is 8.36. The molecule has 0 saturated heterocycles. The largest absolute Gasteiger partial charge is 0.0808 e. The molecule has 1 aliphatic carbocycles. The summed E-state index contributed by atoms with van der Waals surface area (Å²) >= 11 is 0. The van der Waals surface area contributed by atoms with Gasteiger partial charge in [0.2, 0.25) is 0 Å². The third-order valence-electron chi connectivity index (χ3n) is 1.72. The minimum atomic E-state index is 0. The van der Waals surface area contributed by atoms with E-state index in [2.05, 4.69) is 52.0 Å². The Hall–Kier alpha value is -0.520. The Morgan fingerprint density at radius 1 is 1.17 bits per heavy atom. The first-order chi connectivity index (χ1) is 5.06. The molecule has 0 atom stereocenters. The number of allylic oxidation sites excluding steroid dienone is 4. The van der Waals surface area contributed by atoms with Gasteiger partial charge in [-0.05, 0) is 11.8 Å². The molecular formula is C12H26. The molecule has 0 heterocycles. The van der Waals surface area contributed by atoms with E-state index in [1.165, 1.54) is 6.42 Å². The Bertz CT molecular complexity index is 128. The van der Waals surface area contributed by atoms with E-state index in [-0.39, 0.29) is 8.85 Å². The van der Waals surface area contributed by atoms with Crippen LogP contribution >= 0.6 is 0 Å². The molecule has 0 N–H and O–H groups in total. The second-order valence-corrected chi connectivity index (χ2v) is 4.01. The van der Waals surface area contributed by atoms with Gasteiger partial charge in [0, 0.05) is 1.43 Å². The van der Waals surface area contributed by atoms with Crippen molar-refractivity contribution >= 4 is 0 Å². The molecule has 0 spiro atoms. The van der Waals surface area contributed by atoms with E-state index in [4.69, 9.17) is 0 Å². The van der Waals surface area contributed by atoms with E-state index in [0.717, 1.165) is 6.42 Å². The maximum absolute atomic E-state index is 2.24. The molecule has 1 rings (SSSR count). The molecule has 0 nitrogen and oxygen atoms in total. The molecular weight excluding hydrogens is 144 g/mol. The summed E-state index contributed by atoms with van der Waals surface area (Å²) in [4.78, 5) is 0. The smallest absolute Gasteiger partial charge is 0 e. The standard InChI is InChI=1S/C6H14.C5H6.CH4.H2/c1-5-6(2,3)4;1-2-4-5-3-1;;/h5H2,1-4H3;1-4H,5H2;1H4;1H/i;;;1+1. The molecule has 0 fully saturated rings. The SMILES string of the molecule is C.C1=CCC=C1.CCC(C)(C)C.[2HH]. The summed E-state index contributed by atoms with van der Waals surface area (Å²) in [5, 5.41) is 0. The summed E-state index contributed by atoms with van der Waals surface area (Å²) < 4.78 is 0. The molecule has 0 aromatic heterocycles. The van der Waals surface area contributed by atoms with Crippen LogP contribution in [0.4, 0.5) is 0 Å². The van der Waals surface area contributed by atoms with Crippen LogP contribution in [0.3, 0.4) is 0 Å². The summed E-state index contributed by atoms with van der Waals surface area (Å²) in [5.41, 5.74) is 0.542. The van der Waals surface area contributed by atoms with Gasteiger partial charge in [0.15, 0.2) is 0 Å². The van der Waals surface area contributed by atoms with Gasteiger partial charge >= 0.3 is 0 Å². The predicted molar refractivity (Wildman–Crippen MR) is 61.5 cm³/mol. The average molecular weight is 171 g/mol. The van der Waals surface area contributed by atoms with Crippen molar-refractivity contribution in [2.24, 2.45) is 5.41 Å². The summed E-state index contributed by atoms with van der Waals surface area (Å²) in [6.07, 6.45) is 10.8. The molecule has 0 saturated carbocycles. The van der Waals surface area contributed by atoms with Gasteiger partial charge < -0.3 is 0 Å². The van der Waals surface area contributed by atoms with Crippen LogP contribution in [-0.4, -0.2) is 0 Å². The fraction of sp³-hybridized carbons (Fsp3) is 0.667. The van der Waals surface area contributed by atoms with Gasteiger partial charge in [0.1, 0.15) is 0 Å². The quantitative estimate of drug-likeness (QED) is 0.490. The minimum absolute atomic E-state index is 0. The Morgan fingerprint density at radius 3 is 1.58 bits per heavy atom. The molecule has 0 heteroatoms. The van der Waals surface area contributed by atoms with Crippen LogP contribution in [0.15, 0.2) is 24.3 Å². The Labute approximate surface area is 79.9 Å². The van der Waals surface area contributed by atoms with Gasteiger partial charge in [-0.3, -0.25) is 0 Å². The van der Waals surface area contributed by atoms with Crippen LogP contribution in [0.5, 0.6) is 0 Å². The van der Waals surface area contributed by atoms with Crippen LogP contribution in [0.2, 0.25) is 0 Å².